The molecule has 2 aliphatic heterocycles. The first-order chi connectivity index (χ1) is 9.68. The standard InChI is InChI=1S/C16H31N3O/c1-13(2)5-3-9-18-16(20)15-6-4-12-19(15)14-7-10-17-11-8-14/h13-15,17H,3-12H2,1-2H3,(H,18,20). The van der Waals surface area contributed by atoms with Gasteiger partial charge in [-0.25, -0.2) is 0 Å². The number of amides is 1. The lowest BCUT2D eigenvalue weighted by molar-refractivity contribution is -0.126. The Hall–Kier alpha value is -0.610. The Morgan fingerprint density at radius 2 is 2.05 bits per heavy atom. The Balaban J connectivity index is 1.75. The fraction of sp³-hybridized carbons (Fsp3) is 0.938. The molecule has 0 aromatic rings. The van der Waals surface area contributed by atoms with E-state index in [0.717, 1.165) is 44.9 Å². The second-order valence-corrected chi connectivity index (χ2v) is 6.70. The third kappa shape index (κ3) is 4.45. The number of carbonyl (C=O) groups is 1. The molecule has 0 aromatic carbocycles. The van der Waals surface area contributed by atoms with Gasteiger partial charge in [0.1, 0.15) is 0 Å². The zero-order valence-corrected chi connectivity index (χ0v) is 13.2. The number of rotatable bonds is 6. The van der Waals surface area contributed by atoms with E-state index >= 15 is 0 Å². The molecule has 2 heterocycles. The highest BCUT2D eigenvalue weighted by Gasteiger charge is 2.35. The lowest BCUT2D eigenvalue weighted by Gasteiger charge is -2.35. The number of hydrogen-bond donors (Lipinski definition) is 2. The van der Waals surface area contributed by atoms with Gasteiger partial charge in [0.2, 0.25) is 5.91 Å². The first-order valence-corrected chi connectivity index (χ1v) is 8.42. The van der Waals surface area contributed by atoms with Gasteiger partial charge in [-0.05, 0) is 64.1 Å². The summed E-state index contributed by atoms with van der Waals surface area (Å²) in [6.45, 7) is 8.62. The van der Waals surface area contributed by atoms with E-state index in [1.54, 1.807) is 0 Å². The van der Waals surface area contributed by atoms with Crippen LogP contribution in [0, 0.1) is 5.92 Å². The van der Waals surface area contributed by atoms with Crippen LogP contribution in [0.4, 0.5) is 0 Å². The smallest absolute Gasteiger partial charge is 0.237 e. The van der Waals surface area contributed by atoms with Crippen LogP contribution in [0.2, 0.25) is 0 Å². The van der Waals surface area contributed by atoms with Gasteiger partial charge in [0.05, 0.1) is 6.04 Å². The molecule has 2 saturated heterocycles. The van der Waals surface area contributed by atoms with Gasteiger partial charge in [-0.15, -0.1) is 0 Å². The number of hydrogen-bond acceptors (Lipinski definition) is 3. The minimum absolute atomic E-state index is 0.136. The van der Waals surface area contributed by atoms with Crippen LogP contribution < -0.4 is 10.6 Å². The molecule has 0 saturated carbocycles. The quantitative estimate of drug-likeness (QED) is 0.729. The van der Waals surface area contributed by atoms with Gasteiger partial charge < -0.3 is 10.6 Å². The molecule has 0 aromatic heterocycles. The van der Waals surface area contributed by atoms with Crippen LogP contribution in [-0.2, 0) is 4.79 Å². The van der Waals surface area contributed by atoms with E-state index < -0.39 is 0 Å². The summed E-state index contributed by atoms with van der Waals surface area (Å²) in [5.41, 5.74) is 0. The molecule has 2 fully saturated rings. The largest absolute Gasteiger partial charge is 0.355 e. The monoisotopic (exact) mass is 281 g/mol. The average Bonchev–Trinajstić information content (AvgIpc) is 2.93. The average molecular weight is 281 g/mol. The second kappa shape index (κ2) is 7.99. The normalized spacial score (nSPS) is 25.2. The molecule has 1 unspecified atom stereocenters. The molecule has 1 atom stereocenters. The fourth-order valence-corrected chi connectivity index (χ4v) is 3.49. The van der Waals surface area contributed by atoms with E-state index in [1.165, 1.54) is 25.7 Å². The Kier molecular flexibility index (Phi) is 6.30. The maximum Gasteiger partial charge on any atom is 0.237 e. The molecule has 2 N–H and O–H groups in total. The molecule has 2 rings (SSSR count). The van der Waals surface area contributed by atoms with Crippen LogP contribution in [-0.4, -0.2) is 49.1 Å². The highest BCUT2D eigenvalue weighted by molar-refractivity contribution is 5.82. The molecular weight excluding hydrogens is 250 g/mol. The first-order valence-electron chi connectivity index (χ1n) is 8.42. The van der Waals surface area contributed by atoms with Crippen molar-refractivity contribution >= 4 is 5.91 Å². The van der Waals surface area contributed by atoms with Crippen LogP contribution in [0.25, 0.3) is 0 Å². The van der Waals surface area contributed by atoms with Gasteiger partial charge in [0.25, 0.3) is 0 Å². The third-order valence-electron chi connectivity index (χ3n) is 4.63. The van der Waals surface area contributed by atoms with E-state index in [2.05, 4.69) is 29.4 Å². The summed E-state index contributed by atoms with van der Waals surface area (Å²) in [5, 5.41) is 6.56. The van der Waals surface area contributed by atoms with Crippen molar-refractivity contribution in [1.82, 2.24) is 15.5 Å². The Labute approximate surface area is 123 Å². The minimum atomic E-state index is 0.136. The molecular formula is C16H31N3O. The van der Waals surface area contributed by atoms with Crippen LogP contribution >= 0.6 is 0 Å². The lowest BCUT2D eigenvalue weighted by atomic mass is 10.0. The maximum atomic E-state index is 12.4. The van der Waals surface area contributed by atoms with Crippen molar-refractivity contribution in [3.8, 4) is 0 Å². The zero-order valence-electron chi connectivity index (χ0n) is 13.2. The molecule has 0 spiro atoms. The van der Waals surface area contributed by atoms with Crippen molar-refractivity contribution in [2.24, 2.45) is 5.92 Å². The maximum absolute atomic E-state index is 12.4. The minimum Gasteiger partial charge on any atom is -0.355 e. The zero-order chi connectivity index (χ0) is 14.4. The predicted octanol–water partition coefficient (Wildman–Crippen LogP) is 1.76. The van der Waals surface area contributed by atoms with Crippen molar-refractivity contribution in [2.75, 3.05) is 26.2 Å². The molecule has 1 amide bonds. The van der Waals surface area contributed by atoms with Gasteiger partial charge in [-0.3, -0.25) is 9.69 Å². The molecule has 4 nitrogen and oxygen atoms in total. The van der Waals surface area contributed by atoms with Gasteiger partial charge in [0.15, 0.2) is 0 Å². The van der Waals surface area contributed by atoms with Crippen molar-refractivity contribution < 1.29 is 4.79 Å². The Bertz CT molecular complexity index is 300. The van der Waals surface area contributed by atoms with E-state index in [0.29, 0.717) is 6.04 Å². The Morgan fingerprint density at radius 1 is 1.30 bits per heavy atom. The summed E-state index contributed by atoms with van der Waals surface area (Å²) in [4.78, 5) is 14.8. The Morgan fingerprint density at radius 3 is 2.75 bits per heavy atom. The highest BCUT2D eigenvalue weighted by atomic mass is 16.2. The molecule has 2 aliphatic rings. The van der Waals surface area contributed by atoms with E-state index in [9.17, 15) is 4.79 Å². The third-order valence-corrected chi connectivity index (χ3v) is 4.63. The molecule has 0 aliphatic carbocycles. The SMILES string of the molecule is CC(C)CCCNC(=O)C1CCCN1C1CCNCC1. The summed E-state index contributed by atoms with van der Waals surface area (Å²) in [7, 11) is 0. The number of likely N-dealkylation sites (tertiary alicyclic amines) is 1. The molecule has 4 heteroatoms. The fourth-order valence-electron chi connectivity index (χ4n) is 3.49. The van der Waals surface area contributed by atoms with Crippen LogP contribution in [0.1, 0.15) is 52.4 Å². The van der Waals surface area contributed by atoms with E-state index in [1.807, 2.05) is 0 Å². The first kappa shape index (κ1) is 15.8. The molecule has 0 bridgehead atoms. The van der Waals surface area contributed by atoms with Gasteiger partial charge in [-0.1, -0.05) is 13.8 Å². The predicted molar refractivity (Wildman–Crippen MR) is 82.7 cm³/mol. The summed E-state index contributed by atoms with van der Waals surface area (Å²) in [5.74, 6) is 0.995. The number of piperidine rings is 1. The van der Waals surface area contributed by atoms with Gasteiger partial charge >= 0.3 is 0 Å². The second-order valence-electron chi connectivity index (χ2n) is 6.70. The summed E-state index contributed by atoms with van der Waals surface area (Å²) in [6.07, 6.45) is 6.90. The van der Waals surface area contributed by atoms with Crippen molar-refractivity contribution in [3.05, 3.63) is 0 Å². The molecule has 116 valence electrons. The number of nitrogens with one attached hydrogen (secondary N) is 2. The summed E-state index contributed by atoms with van der Waals surface area (Å²) < 4.78 is 0. The van der Waals surface area contributed by atoms with E-state index in [-0.39, 0.29) is 11.9 Å². The van der Waals surface area contributed by atoms with Gasteiger partial charge in [-0.2, -0.15) is 0 Å². The van der Waals surface area contributed by atoms with Crippen molar-refractivity contribution in [2.45, 2.75) is 64.5 Å². The highest BCUT2D eigenvalue weighted by Crippen LogP contribution is 2.24. The summed E-state index contributed by atoms with van der Waals surface area (Å²) in [6, 6.07) is 0.752. The van der Waals surface area contributed by atoms with E-state index in [4.69, 9.17) is 0 Å². The van der Waals surface area contributed by atoms with Crippen molar-refractivity contribution in [1.29, 1.82) is 0 Å². The van der Waals surface area contributed by atoms with Crippen LogP contribution in [0.3, 0.4) is 0 Å². The number of carbonyl (C=O) groups excluding carboxylic acids is 1. The summed E-state index contributed by atoms with van der Waals surface area (Å²) >= 11 is 0. The molecule has 20 heavy (non-hydrogen) atoms. The van der Waals surface area contributed by atoms with Crippen LogP contribution in [0.5, 0.6) is 0 Å². The number of nitrogens with zero attached hydrogens (tertiary/aromatic N) is 1. The molecule has 0 radical (unpaired) electrons. The van der Waals surface area contributed by atoms with Gasteiger partial charge in [0, 0.05) is 12.6 Å². The lowest BCUT2D eigenvalue weighted by Crippen LogP contribution is -2.50. The van der Waals surface area contributed by atoms with Crippen LogP contribution in [0.15, 0.2) is 0 Å². The topological polar surface area (TPSA) is 44.4 Å². The van der Waals surface area contributed by atoms with Crippen molar-refractivity contribution in [3.63, 3.8) is 0 Å².